The molecular weight excluding hydrogens is 396 g/mol. The molecule has 6 aromatic rings. The van der Waals surface area contributed by atoms with Crippen LogP contribution in [0.5, 0.6) is 0 Å². The van der Waals surface area contributed by atoms with Crippen molar-refractivity contribution in [2.24, 2.45) is 0 Å². The normalized spacial score (nSPS) is 25.1. The summed E-state index contributed by atoms with van der Waals surface area (Å²) in [5, 5.41) is -3.76. The van der Waals surface area contributed by atoms with Crippen molar-refractivity contribution < 1.29 is 32.9 Å². The lowest BCUT2D eigenvalue weighted by Gasteiger charge is -2.22. The Hall–Kier alpha value is -3.90. The van der Waals surface area contributed by atoms with Crippen LogP contribution in [0.2, 0.25) is 0 Å². The Morgan fingerprint density at radius 1 is 0.545 bits per heavy atom. The van der Waals surface area contributed by atoms with Crippen molar-refractivity contribution in [3.8, 4) is 22.3 Å². The summed E-state index contributed by atoms with van der Waals surface area (Å²) in [6.07, 6.45) is 0. The van der Waals surface area contributed by atoms with Gasteiger partial charge >= 0.3 is 0 Å². The van der Waals surface area contributed by atoms with Gasteiger partial charge in [-0.3, -0.25) is 0 Å². The van der Waals surface area contributed by atoms with E-state index in [1.165, 1.54) is 0 Å². The number of hydrogen-bond acceptors (Lipinski definition) is 0. The fourth-order valence-corrected chi connectivity index (χ4v) is 4.22. The van der Waals surface area contributed by atoms with Gasteiger partial charge < -0.3 is 0 Å². The van der Waals surface area contributed by atoms with Crippen molar-refractivity contribution in [2.75, 3.05) is 0 Å². The lowest BCUT2D eigenvalue weighted by Crippen LogP contribution is -2.14. The van der Waals surface area contributed by atoms with Crippen LogP contribution < -0.4 is 0 Å². The SMILES string of the molecule is [2H]c1c([2H])c([2H])c2c(c1[2H])-c1c([2H])c([2H])c(-c3c4c([2H])c([2H])c([2H])c([2H])c4c([2H])c4c3c([2H])c([2H])c3c([2H])c([2H])c([2H])c([2H])c34)c([2H])c1C2(C([2H])([2H])[2H])C([2H])([2H])[2H]. The van der Waals surface area contributed by atoms with E-state index in [0.717, 1.165) is 0 Å². The second-order valence-electron chi connectivity index (χ2n) is 7.50. The smallest absolute Gasteiger partial charge is 0.0619 e. The van der Waals surface area contributed by atoms with Crippen LogP contribution in [-0.4, -0.2) is 0 Å². The van der Waals surface area contributed by atoms with Gasteiger partial charge in [0.25, 0.3) is 0 Å². The zero-order chi connectivity index (χ0) is 42.8. The van der Waals surface area contributed by atoms with Gasteiger partial charge in [0.2, 0.25) is 0 Å². The van der Waals surface area contributed by atoms with E-state index >= 15 is 0 Å². The molecule has 0 saturated carbocycles. The summed E-state index contributed by atoms with van der Waals surface area (Å²) in [6, 6.07) is -17.0. The Labute approximate surface area is 227 Å². The Balaban J connectivity index is 1.91. The average molecular weight is 445 g/mol. The molecule has 0 nitrogen and oxygen atoms in total. The topological polar surface area (TPSA) is 0 Å². The second-order valence-corrected chi connectivity index (χ2v) is 7.50. The van der Waals surface area contributed by atoms with Crippen molar-refractivity contribution in [2.45, 2.75) is 19.1 Å². The van der Waals surface area contributed by atoms with E-state index in [9.17, 15) is 6.85 Å². The fraction of sp³-hybridized carbons (Fsp3) is 0.0909. The third-order valence-corrected chi connectivity index (χ3v) is 5.69. The molecule has 0 aromatic heterocycles. The Morgan fingerprint density at radius 2 is 1.27 bits per heavy atom. The minimum atomic E-state index is -3.80. The molecule has 1 aliphatic carbocycles. The van der Waals surface area contributed by atoms with Crippen LogP contribution in [0.1, 0.15) is 57.7 Å². The van der Waals surface area contributed by atoms with Crippen LogP contribution in [-0.2, 0) is 5.41 Å². The average Bonchev–Trinajstić information content (AvgIpc) is 3.48. The summed E-state index contributed by atoms with van der Waals surface area (Å²) in [5.41, 5.74) is -8.85. The van der Waals surface area contributed by atoms with E-state index < -0.39 is 194 Å². The summed E-state index contributed by atoms with van der Waals surface area (Å²) >= 11 is 0. The number of hydrogen-bond donors (Lipinski definition) is 0. The van der Waals surface area contributed by atoms with Crippen molar-refractivity contribution in [1.82, 2.24) is 0 Å². The van der Waals surface area contributed by atoms with Gasteiger partial charge in [0.05, 0.1) is 24.7 Å². The van der Waals surface area contributed by atoms with Crippen molar-refractivity contribution >= 4 is 32.3 Å². The van der Waals surface area contributed by atoms with Crippen LogP contribution in [0.15, 0.2) is 109 Å². The highest BCUT2D eigenvalue weighted by Gasteiger charge is 2.35. The van der Waals surface area contributed by atoms with E-state index in [-0.39, 0.29) is 0 Å². The number of rotatable bonds is 1. The van der Waals surface area contributed by atoms with Crippen molar-refractivity contribution in [3.63, 3.8) is 0 Å². The molecule has 0 N–H and O–H groups in total. The Kier molecular flexibility index (Phi) is 1.31. The molecular formula is C33H24. The predicted molar refractivity (Wildman–Crippen MR) is 142 cm³/mol. The van der Waals surface area contributed by atoms with Crippen molar-refractivity contribution in [1.29, 1.82) is 0 Å². The van der Waals surface area contributed by atoms with Crippen LogP contribution in [0.3, 0.4) is 0 Å². The molecule has 0 spiro atoms. The van der Waals surface area contributed by atoms with Gasteiger partial charge in [-0.15, -0.1) is 0 Å². The molecule has 0 fully saturated rings. The molecule has 6 aromatic carbocycles. The molecule has 0 atom stereocenters. The standard InChI is InChI=1S/C33H24/c1-33(2)30-14-8-7-13-26(30)27-17-16-23(20-31(27)33)32-25-12-6-4-10-22(25)19-29-24-11-5-3-9-21(24)15-18-28(29)32/h3-20H,1-2H3/i1D3,2D3,3D,4D,5D,6D,7D,8D,9D,10D,11D,12D,13D,14D,15D,16D,17D,18D,19D,20D. The third-order valence-electron chi connectivity index (χ3n) is 5.69. The van der Waals surface area contributed by atoms with Gasteiger partial charge in [-0.2, -0.15) is 0 Å². The summed E-state index contributed by atoms with van der Waals surface area (Å²) in [4.78, 5) is 0. The minimum Gasteiger partial charge on any atom is -0.0619 e. The summed E-state index contributed by atoms with van der Waals surface area (Å²) in [6.45, 7) is -7.60. The molecule has 0 heteroatoms. The van der Waals surface area contributed by atoms with Crippen LogP contribution >= 0.6 is 0 Å². The van der Waals surface area contributed by atoms with Crippen LogP contribution in [0.4, 0.5) is 0 Å². The molecule has 0 saturated heterocycles. The Morgan fingerprint density at radius 3 is 2.15 bits per heavy atom. The molecule has 0 aliphatic heterocycles. The van der Waals surface area contributed by atoms with Crippen LogP contribution in [0, 0.1) is 0 Å². The molecule has 1 aliphatic rings. The third kappa shape index (κ3) is 2.52. The van der Waals surface area contributed by atoms with Crippen LogP contribution in [0.25, 0.3) is 54.6 Å². The zero-order valence-electron chi connectivity index (χ0n) is 40.5. The number of fused-ring (bicyclic) bond motifs is 7. The largest absolute Gasteiger partial charge is 0.0636 e. The van der Waals surface area contributed by atoms with Gasteiger partial charge in [0.1, 0.15) is 0 Å². The highest BCUT2D eigenvalue weighted by Crippen LogP contribution is 2.50. The molecule has 0 unspecified atom stereocenters. The molecule has 156 valence electrons. The van der Waals surface area contributed by atoms with E-state index in [1.807, 2.05) is 0 Å². The maximum Gasteiger partial charge on any atom is 0.0636 e. The van der Waals surface area contributed by atoms with E-state index in [4.69, 9.17) is 26.0 Å². The van der Waals surface area contributed by atoms with E-state index in [0.29, 0.717) is 0 Å². The molecule has 0 radical (unpaired) electrons. The first-order chi connectivity index (χ1) is 26.1. The first kappa shape index (κ1) is 6.58. The second kappa shape index (κ2) is 6.56. The predicted octanol–water partition coefficient (Wildman–Crippen LogP) is 9.12. The maximum absolute atomic E-state index is 9.70. The molecule has 0 bridgehead atoms. The Bertz CT molecular complexity index is 2890. The van der Waals surface area contributed by atoms with Crippen molar-refractivity contribution in [3.05, 3.63) is 120 Å². The monoisotopic (exact) mass is 444 g/mol. The lowest BCUT2D eigenvalue weighted by molar-refractivity contribution is 0.660. The van der Waals surface area contributed by atoms with E-state index in [1.54, 1.807) is 0 Å². The summed E-state index contributed by atoms with van der Waals surface area (Å²) in [5.74, 6) is 0. The van der Waals surface area contributed by atoms with Gasteiger partial charge in [-0.25, -0.2) is 0 Å². The van der Waals surface area contributed by atoms with Gasteiger partial charge in [0, 0.05) is 13.6 Å². The molecule has 33 heavy (non-hydrogen) atoms. The van der Waals surface area contributed by atoms with Gasteiger partial charge in [-0.05, 0) is 77.8 Å². The highest BCUT2D eigenvalue weighted by molar-refractivity contribution is 6.20. The first-order valence-electron chi connectivity index (χ1n) is 21.8. The van der Waals surface area contributed by atoms with E-state index in [2.05, 4.69) is 0 Å². The first-order valence-corrected chi connectivity index (χ1v) is 9.75. The molecule has 0 heterocycles. The number of benzene rings is 6. The maximum atomic E-state index is 9.70. The zero-order valence-corrected chi connectivity index (χ0v) is 16.5. The highest BCUT2D eigenvalue weighted by atomic mass is 14.4. The molecule has 7 rings (SSSR count). The lowest BCUT2D eigenvalue weighted by atomic mass is 9.81. The quantitative estimate of drug-likeness (QED) is 0.175. The molecule has 0 amide bonds. The summed E-state index contributed by atoms with van der Waals surface area (Å²) in [7, 11) is 0. The van der Waals surface area contributed by atoms with Gasteiger partial charge in [0.15, 0.2) is 0 Å². The van der Waals surface area contributed by atoms with Gasteiger partial charge in [-0.1, -0.05) is 110 Å². The fourth-order valence-electron chi connectivity index (χ4n) is 4.22. The minimum absolute atomic E-state index is 0.557. The summed E-state index contributed by atoms with van der Waals surface area (Å²) < 4.78 is 211.